The number of benzene rings is 3. The normalized spacial score (nSPS) is 13.1. The number of ether oxygens (including phenoxy) is 2. The van der Waals surface area contributed by atoms with E-state index in [1.54, 1.807) is 43.1 Å². The lowest BCUT2D eigenvalue weighted by Gasteiger charge is -2.22. The van der Waals surface area contributed by atoms with Crippen LogP contribution in [0, 0.1) is 6.92 Å². The molecule has 0 bridgehead atoms. The van der Waals surface area contributed by atoms with Gasteiger partial charge in [0.05, 0.1) is 30.8 Å². The van der Waals surface area contributed by atoms with Crippen molar-refractivity contribution in [1.29, 1.82) is 0 Å². The van der Waals surface area contributed by atoms with Crippen LogP contribution >= 0.6 is 0 Å². The quantitative estimate of drug-likeness (QED) is 0.410. The Morgan fingerprint density at radius 3 is 2.43 bits per heavy atom. The highest BCUT2D eigenvalue weighted by molar-refractivity contribution is 5.97. The van der Waals surface area contributed by atoms with Gasteiger partial charge < -0.3 is 19.7 Å². The van der Waals surface area contributed by atoms with Crippen molar-refractivity contribution in [2.45, 2.75) is 26.3 Å². The second-order valence-corrected chi connectivity index (χ2v) is 9.17. The van der Waals surface area contributed by atoms with Gasteiger partial charge in [0.25, 0.3) is 11.5 Å². The largest absolute Gasteiger partial charge is 0.497 e. The standard InChI is InChI=1S/C29H30N4O4/c1-19-6-10-22(11-7-19)33-28(35)24-13-9-20(16-25(24)31-29(33)32-14-4-5-15-32)27(34)30-18-21-8-12-23(36-2)17-26(21)37-3/h6-13,16-17H,4-5,14-15,18H2,1-3H3,(H,30,34). The molecule has 0 radical (unpaired) electrons. The monoisotopic (exact) mass is 498 g/mol. The Bertz CT molecular complexity index is 1510. The first-order valence-electron chi connectivity index (χ1n) is 12.4. The van der Waals surface area contributed by atoms with E-state index >= 15 is 0 Å². The molecule has 1 aliphatic heterocycles. The van der Waals surface area contributed by atoms with Gasteiger partial charge in [-0.05, 0) is 62.2 Å². The molecule has 1 fully saturated rings. The predicted molar refractivity (Wildman–Crippen MR) is 144 cm³/mol. The number of hydrogen-bond acceptors (Lipinski definition) is 6. The molecule has 2 heterocycles. The Kier molecular flexibility index (Phi) is 6.81. The summed E-state index contributed by atoms with van der Waals surface area (Å²) in [4.78, 5) is 33.8. The number of aromatic nitrogens is 2. The van der Waals surface area contributed by atoms with Crippen LogP contribution in [0.25, 0.3) is 16.6 Å². The number of carbonyl (C=O) groups excluding carboxylic acids is 1. The highest BCUT2D eigenvalue weighted by Crippen LogP contribution is 2.26. The van der Waals surface area contributed by atoms with Gasteiger partial charge in [-0.3, -0.25) is 9.59 Å². The van der Waals surface area contributed by atoms with Crippen LogP contribution in [0.4, 0.5) is 5.95 Å². The highest BCUT2D eigenvalue weighted by Gasteiger charge is 2.22. The third-order valence-corrected chi connectivity index (χ3v) is 6.73. The minimum atomic E-state index is -0.257. The van der Waals surface area contributed by atoms with Crippen LogP contribution in [0.2, 0.25) is 0 Å². The number of amides is 1. The number of fused-ring (bicyclic) bond motifs is 1. The summed E-state index contributed by atoms with van der Waals surface area (Å²) >= 11 is 0. The molecular weight excluding hydrogens is 468 g/mol. The molecule has 0 unspecified atom stereocenters. The second kappa shape index (κ2) is 10.3. The van der Waals surface area contributed by atoms with E-state index < -0.39 is 0 Å². The van der Waals surface area contributed by atoms with Crippen LogP contribution in [0.5, 0.6) is 11.5 Å². The number of aryl methyl sites for hydroxylation is 1. The predicted octanol–water partition coefficient (Wildman–Crippen LogP) is 4.24. The zero-order chi connectivity index (χ0) is 25.9. The van der Waals surface area contributed by atoms with Crippen molar-refractivity contribution in [2.75, 3.05) is 32.2 Å². The number of anilines is 1. The Labute approximate surface area is 215 Å². The number of hydrogen-bond donors (Lipinski definition) is 1. The van der Waals surface area contributed by atoms with Crippen LogP contribution in [0.15, 0.2) is 65.5 Å². The average Bonchev–Trinajstić information content (AvgIpc) is 3.47. The molecule has 0 atom stereocenters. The topological polar surface area (TPSA) is 85.7 Å². The lowest BCUT2D eigenvalue weighted by atomic mass is 10.1. The van der Waals surface area contributed by atoms with Crippen molar-refractivity contribution in [1.82, 2.24) is 14.9 Å². The lowest BCUT2D eigenvalue weighted by Crippen LogP contribution is -2.30. The first kappa shape index (κ1) is 24.4. The first-order valence-corrected chi connectivity index (χ1v) is 12.4. The molecule has 1 amide bonds. The van der Waals surface area contributed by atoms with E-state index in [0.29, 0.717) is 33.9 Å². The van der Waals surface area contributed by atoms with E-state index in [9.17, 15) is 9.59 Å². The Morgan fingerprint density at radius 2 is 1.73 bits per heavy atom. The fourth-order valence-electron chi connectivity index (χ4n) is 4.65. The lowest BCUT2D eigenvalue weighted by molar-refractivity contribution is 0.0951. The summed E-state index contributed by atoms with van der Waals surface area (Å²) in [5.41, 5.74) is 3.52. The number of nitrogens with one attached hydrogen (secondary N) is 1. The van der Waals surface area contributed by atoms with E-state index in [2.05, 4.69) is 10.2 Å². The van der Waals surface area contributed by atoms with E-state index in [1.165, 1.54) is 0 Å². The molecule has 0 aliphatic carbocycles. The zero-order valence-electron chi connectivity index (χ0n) is 21.3. The maximum absolute atomic E-state index is 13.7. The molecule has 4 aromatic rings. The summed E-state index contributed by atoms with van der Waals surface area (Å²) in [5.74, 6) is 1.66. The molecule has 1 aromatic heterocycles. The number of methoxy groups -OCH3 is 2. The van der Waals surface area contributed by atoms with Crippen LogP contribution in [0.3, 0.4) is 0 Å². The molecule has 37 heavy (non-hydrogen) atoms. The Hall–Kier alpha value is -4.33. The maximum atomic E-state index is 13.7. The van der Waals surface area contributed by atoms with E-state index in [-0.39, 0.29) is 18.0 Å². The van der Waals surface area contributed by atoms with Crippen LogP contribution in [-0.4, -0.2) is 42.8 Å². The second-order valence-electron chi connectivity index (χ2n) is 9.17. The molecular formula is C29H30N4O4. The summed E-state index contributed by atoms with van der Waals surface area (Å²) < 4.78 is 12.4. The van der Waals surface area contributed by atoms with Crippen molar-refractivity contribution >= 4 is 22.8 Å². The van der Waals surface area contributed by atoms with Gasteiger partial charge in [-0.2, -0.15) is 0 Å². The maximum Gasteiger partial charge on any atom is 0.267 e. The third kappa shape index (κ3) is 4.87. The molecule has 1 N–H and O–H groups in total. The Balaban J connectivity index is 1.49. The van der Waals surface area contributed by atoms with Crippen molar-refractivity contribution in [3.8, 4) is 17.2 Å². The summed E-state index contributed by atoms with van der Waals surface area (Å²) in [6, 6.07) is 18.4. The molecule has 1 saturated heterocycles. The van der Waals surface area contributed by atoms with Crippen LogP contribution < -0.4 is 25.2 Å². The molecule has 8 nitrogen and oxygen atoms in total. The average molecular weight is 499 g/mol. The molecule has 8 heteroatoms. The van der Waals surface area contributed by atoms with Crippen molar-refractivity contribution in [2.24, 2.45) is 0 Å². The minimum absolute atomic E-state index is 0.148. The fraction of sp³-hybridized carbons (Fsp3) is 0.276. The van der Waals surface area contributed by atoms with Crippen molar-refractivity contribution in [3.63, 3.8) is 0 Å². The van der Waals surface area contributed by atoms with Gasteiger partial charge >= 0.3 is 0 Å². The van der Waals surface area contributed by atoms with Gasteiger partial charge in [-0.15, -0.1) is 0 Å². The van der Waals surface area contributed by atoms with Crippen LogP contribution in [0.1, 0.15) is 34.3 Å². The number of carbonyl (C=O) groups is 1. The zero-order valence-corrected chi connectivity index (χ0v) is 21.3. The van der Waals surface area contributed by atoms with Gasteiger partial charge in [0.1, 0.15) is 11.5 Å². The smallest absolute Gasteiger partial charge is 0.267 e. The summed E-state index contributed by atoms with van der Waals surface area (Å²) in [6.07, 6.45) is 2.11. The number of nitrogens with zero attached hydrogens (tertiary/aromatic N) is 3. The molecule has 5 rings (SSSR count). The van der Waals surface area contributed by atoms with E-state index in [0.717, 1.165) is 42.7 Å². The fourth-order valence-corrected chi connectivity index (χ4v) is 4.65. The van der Waals surface area contributed by atoms with Gasteiger partial charge in [-0.25, -0.2) is 9.55 Å². The number of rotatable bonds is 7. The van der Waals surface area contributed by atoms with Gasteiger partial charge in [-0.1, -0.05) is 17.7 Å². The SMILES string of the molecule is COc1ccc(CNC(=O)c2ccc3c(=O)n(-c4ccc(C)cc4)c(N4CCCC4)nc3c2)c(OC)c1. The summed E-state index contributed by atoms with van der Waals surface area (Å²) in [5, 5.41) is 3.41. The van der Waals surface area contributed by atoms with E-state index in [1.807, 2.05) is 43.3 Å². The first-order chi connectivity index (χ1) is 18.0. The van der Waals surface area contributed by atoms with Crippen molar-refractivity contribution < 1.29 is 14.3 Å². The third-order valence-electron chi connectivity index (χ3n) is 6.73. The molecule has 190 valence electrons. The molecule has 3 aromatic carbocycles. The Morgan fingerprint density at radius 1 is 0.973 bits per heavy atom. The van der Waals surface area contributed by atoms with Gasteiger partial charge in [0, 0.05) is 36.8 Å². The molecule has 0 spiro atoms. The van der Waals surface area contributed by atoms with Gasteiger partial charge in [0.15, 0.2) is 0 Å². The summed E-state index contributed by atoms with van der Waals surface area (Å²) in [7, 11) is 3.17. The van der Waals surface area contributed by atoms with Crippen LogP contribution in [-0.2, 0) is 6.54 Å². The highest BCUT2D eigenvalue weighted by atomic mass is 16.5. The van der Waals surface area contributed by atoms with E-state index in [4.69, 9.17) is 14.5 Å². The molecule has 1 aliphatic rings. The van der Waals surface area contributed by atoms with Crippen molar-refractivity contribution in [3.05, 3.63) is 87.7 Å². The molecule has 0 saturated carbocycles. The van der Waals surface area contributed by atoms with Gasteiger partial charge in [0.2, 0.25) is 5.95 Å². The summed E-state index contributed by atoms with van der Waals surface area (Å²) in [6.45, 7) is 3.98. The minimum Gasteiger partial charge on any atom is -0.497 e.